The monoisotopic (exact) mass is 436 g/mol. The molecule has 0 aliphatic heterocycles. The Morgan fingerprint density at radius 1 is 0.733 bits per heavy atom. The lowest BCUT2D eigenvalue weighted by Gasteiger charge is -2.25. The average Bonchev–Trinajstić information content (AvgIpc) is 3.33. The molecule has 148 valence electrons. The molecule has 0 amide bonds. The summed E-state index contributed by atoms with van der Waals surface area (Å²) in [5, 5.41) is 4.64. The zero-order chi connectivity index (χ0) is 20.5. The minimum absolute atomic E-state index is 0.575. The molecule has 2 heterocycles. The fourth-order valence-electron chi connectivity index (χ4n) is 4.37. The van der Waals surface area contributed by atoms with Gasteiger partial charge < -0.3 is 0 Å². The number of hydrogen-bond acceptors (Lipinski definition) is 2. The maximum Gasteiger partial charge on any atom is 0.416 e. The molecule has 1 aliphatic rings. The second kappa shape index (κ2) is 6.43. The number of thiophene rings is 2. The van der Waals surface area contributed by atoms with E-state index in [0.29, 0.717) is 6.42 Å². The van der Waals surface area contributed by atoms with Gasteiger partial charge in [-0.2, -0.15) is 13.2 Å². The average molecular weight is 437 g/mol. The van der Waals surface area contributed by atoms with Crippen molar-refractivity contribution in [3.05, 3.63) is 82.0 Å². The van der Waals surface area contributed by atoms with Gasteiger partial charge in [0.25, 0.3) is 0 Å². The van der Waals surface area contributed by atoms with E-state index in [4.69, 9.17) is 0 Å². The fraction of sp³-hybridized carbons (Fsp3) is 0.120. The Balaban J connectivity index is 1.32. The van der Waals surface area contributed by atoms with Crippen molar-refractivity contribution in [1.82, 2.24) is 0 Å². The van der Waals surface area contributed by atoms with Crippen LogP contribution in [0.3, 0.4) is 0 Å². The SMILES string of the molecule is FC(F)(F)c1cccc(CCc2cc3ccc4c(c3s2)-c2ccc3ccsc3c2-4)c1. The first-order valence-electron chi connectivity index (χ1n) is 9.71. The highest BCUT2D eigenvalue weighted by Crippen LogP contribution is 2.55. The Morgan fingerprint density at radius 2 is 1.50 bits per heavy atom. The highest BCUT2D eigenvalue weighted by atomic mass is 32.1. The van der Waals surface area contributed by atoms with Gasteiger partial charge in [0.1, 0.15) is 0 Å². The number of hydrogen-bond donors (Lipinski definition) is 0. The Bertz CT molecular complexity index is 1440. The molecule has 0 unspecified atom stereocenters. The summed E-state index contributed by atoms with van der Waals surface area (Å²) in [6.07, 6.45) is -2.95. The molecular formula is C25H15F3S2. The minimum atomic E-state index is -4.29. The van der Waals surface area contributed by atoms with Crippen molar-refractivity contribution >= 4 is 42.8 Å². The van der Waals surface area contributed by atoms with Gasteiger partial charge in [-0.3, -0.25) is 0 Å². The van der Waals surface area contributed by atoms with E-state index in [1.807, 2.05) is 0 Å². The molecule has 30 heavy (non-hydrogen) atoms. The Kier molecular flexibility index (Phi) is 3.89. The number of rotatable bonds is 3. The van der Waals surface area contributed by atoms with E-state index in [-0.39, 0.29) is 0 Å². The maximum atomic E-state index is 13.0. The number of aryl methyl sites for hydroxylation is 2. The third-order valence-corrected chi connectivity index (χ3v) is 7.99. The van der Waals surface area contributed by atoms with Gasteiger partial charge in [-0.05, 0) is 63.9 Å². The van der Waals surface area contributed by atoms with Crippen LogP contribution in [0, 0.1) is 0 Å². The van der Waals surface area contributed by atoms with Crippen molar-refractivity contribution in [3.63, 3.8) is 0 Å². The molecule has 5 aromatic rings. The molecule has 5 heteroatoms. The van der Waals surface area contributed by atoms with Crippen LogP contribution in [-0.2, 0) is 19.0 Å². The second-order valence-corrected chi connectivity index (χ2v) is 9.70. The van der Waals surface area contributed by atoms with Crippen LogP contribution in [0.4, 0.5) is 13.2 Å². The second-order valence-electron chi connectivity index (χ2n) is 7.64. The van der Waals surface area contributed by atoms with Crippen LogP contribution < -0.4 is 0 Å². The van der Waals surface area contributed by atoms with Gasteiger partial charge >= 0.3 is 6.18 Å². The zero-order valence-electron chi connectivity index (χ0n) is 15.7. The molecule has 1 aliphatic carbocycles. The van der Waals surface area contributed by atoms with Gasteiger partial charge in [-0.25, -0.2) is 0 Å². The van der Waals surface area contributed by atoms with Gasteiger partial charge in [-0.1, -0.05) is 42.5 Å². The van der Waals surface area contributed by atoms with Crippen molar-refractivity contribution in [3.8, 4) is 22.3 Å². The van der Waals surface area contributed by atoms with Gasteiger partial charge in [0.2, 0.25) is 0 Å². The molecule has 0 N–H and O–H groups in total. The molecule has 0 saturated heterocycles. The van der Waals surface area contributed by atoms with Gasteiger partial charge in [0, 0.05) is 25.4 Å². The largest absolute Gasteiger partial charge is 0.416 e. The lowest BCUT2D eigenvalue weighted by atomic mass is 9.79. The van der Waals surface area contributed by atoms with Crippen LogP contribution in [0.1, 0.15) is 16.0 Å². The molecule has 0 fully saturated rings. The third-order valence-electron chi connectivity index (χ3n) is 5.81. The lowest BCUT2D eigenvalue weighted by Crippen LogP contribution is -2.05. The summed E-state index contributed by atoms with van der Waals surface area (Å²) in [5.74, 6) is 0. The first-order valence-corrected chi connectivity index (χ1v) is 11.4. The zero-order valence-corrected chi connectivity index (χ0v) is 17.3. The highest BCUT2D eigenvalue weighted by Gasteiger charge is 2.30. The smallest absolute Gasteiger partial charge is 0.166 e. The molecule has 6 rings (SSSR count). The minimum Gasteiger partial charge on any atom is -0.166 e. The predicted octanol–water partition coefficient (Wildman–Crippen LogP) is 8.57. The van der Waals surface area contributed by atoms with E-state index in [2.05, 4.69) is 41.8 Å². The Hall–Kier alpha value is -2.63. The third kappa shape index (κ3) is 2.72. The number of fused-ring (bicyclic) bond motifs is 8. The summed E-state index contributed by atoms with van der Waals surface area (Å²) in [6.45, 7) is 0. The summed E-state index contributed by atoms with van der Waals surface area (Å²) in [4.78, 5) is 1.21. The molecule has 0 bridgehead atoms. The van der Waals surface area contributed by atoms with E-state index in [1.54, 1.807) is 28.7 Å². The molecule has 2 aromatic heterocycles. The number of halogens is 3. The van der Waals surface area contributed by atoms with Crippen molar-refractivity contribution < 1.29 is 13.2 Å². The van der Waals surface area contributed by atoms with Crippen molar-refractivity contribution in [2.24, 2.45) is 0 Å². The fourth-order valence-corrected chi connectivity index (χ4v) is 6.55. The molecule has 0 spiro atoms. The van der Waals surface area contributed by atoms with Crippen molar-refractivity contribution in [1.29, 1.82) is 0 Å². The molecule has 0 atom stereocenters. The van der Waals surface area contributed by atoms with E-state index >= 15 is 0 Å². The van der Waals surface area contributed by atoms with Gasteiger partial charge in [-0.15, -0.1) is 22.7 Å². The van der Waals surface area contributed by atoms with E-state index < -0.39 is 11.7 Å². The van der Waals surface area contributed by atoms with E-state index in [9.17, 15) is 13.2 Å². The molecule has 0 saturated carbocycles. The van der Waals surface area contributed by atoms with Crippen LogP contribution in [0.15, 0.2) is 66.0 Å². The topological polar surface area (TPSA) is 0 Å². The molecule has 0 nitrogen and oxygen atoms in total. The Labute approximate surface area is 179 Å². The molecular weight excluding hydrogens is 421 g/mol. The van der Waals surface area contributed by atoms with Crippen LogP contribution in [0.5, 0.6) is 0 Å². The molecule has 0 radical (unpaired) electrons. The summed E-state index contributed by atoms with van der Waals surface area (Å²) in [5.41, 5.74) is 5.47. The number of benzene rings is 3. The highest BCUT2D eigenvalue weighted by molar-refractivity contribution is 7.20. The van der Waals surface area contributed by atoms with Gasteiger partial charge in [0.15, 0.2) is 0 Å². The van der Waals surface area contributed by atoms with Crippen LogP contribution in [-0.4, -0.2) is 0 Å². The van der Waals surface area contributed by atoms with Gasteiger partial charge in [0.05, 0.1) is 5.56 Å². The normalized spacial score (nSPS) is 12.8. The van der Waals surface area contributed by atoms with E-state index in [0.717, 1.165) is 18.1 Å². The molecule has 3 aromatic carbocycles. The quantitative estimate of drug-likeness (QED) is 0.261. The Morgan fingerprint density at radius 3 is 2.30 bits per heavy atom. The van der Waals surface area contributed by atoms with Crippen LogP contribution >= 0.6 is 22.7 Å². The van der Waals surface area contributed by atoms with Crippen molar-refractivity contribution in [2.75, 3.05) is 0 Å². The maximum absolute atomic E-state index is 13.0. The van der Waals surface area contributed by atoms with Crippen LogP contribution in [0.2, 0.25) is 0 Å². The first-order chi connectivity index (χ1) is 14.5. The van der Waals surface area contributed by atoms with Crippen molar-refractivity contribution in [2.45, 2.75) is 19.0 Å². The summed E-state index contributed by atoms with van der Waals surface area (Å²) < 4.78 is 41.5. The summed E-state index contributed by atoms with van der Waals surface area (Å²) in [7, 11) is 0. The number of alkyl halides is 3. The standard InChI is InChI=1S/C25H15F3S2/c26-25(27,28)17-3-1-2-14(12-17)4-7-18-13-16-6-9-20-21-19(22(20)24(16)30-18)8-5-15-10-11-29-23(15)21/h1-3,5-6,8-13H,4,7H2. The van der Waals surface area contributed by atoms with E-state index in [1.165, 1.54) is 59.4 Å². The lowest BCUT2D eigenvalue weighted by molar-refractivity contribution is -0.137. The summed E-state index contributed by atoms with van der Waals surface area (Å²) >= 11 is 3.56. The predicted molar refractivity (Wildman–Crippen MR) is 120 cm³/mol. The summed E-state index contributed by atoms with van der Waals surface area (Å²) in [6, 6.07) is 18.8. The van der Waals surface area contributed by atoms with Crippen LogP contribution in [0.25, 0.3) is 42.4 Å². The first kappa shape index (κ1) is 18.2.